The zero-order valence-electron chi connectivity index (χ0n) is 12.6. The third kappa shape index (κ3) is 2.97. The summed E-state index contributed by atoms with van der Waals surface area (Å²) in [6.07, 6.45) is 0. The molecule has 1 saturated heterocycles. The van der Waals surface area contributed by atoms with E-state index in [1.54, 1.807) is 18.2 Å². The molecule has 7 nitrogen and oxygen atoms in total. The highest BCUT2D eigenvalue weighted by Gasteiger charge is 2.20. The van der Waals surface area contributed by atoms with Crippen molar-refractivity contribution in [3.63, 3.8) is 0 Å². The van der Waals surface area contributed by atoms with Gasteiger partial charge in [-0.1, -0.05) is 0 Å². The molecule has 0 spiro atoms. The van der Waals surface area contributed by atoms with Gasteiger partial charge in [0.1, 0.15) is 12.2 Å². The third-order valence-corrected chi connectivity index (χ3v) is 3.96. The molecule has 1 aromatic heterocycles. The molecule has 0 atom stereocenters. The minimum absolute atomic E-state index is 0.186. The van der Waals surface area contributed by atoms with Crippen LogP contribution in [0.5, 0.6) is 11.5 Å². The fourth-order valence-electron chi connectivity index (χ4n) is 2.69. The fraction of sp³-hybridized carbons (Fsp3) is 0.438. The Labute approximate surface area is 132 Å². The summed E-state index contributed by atoms with van der Waals surface area (Å²) in [5, 5.41) is 0.786. The average Bonchev–Trinajstić information content (AvgIpc) is 3.19. The minimum Gasteiger partial charge on any atom is -0.458 e. The summed E-state index contributed by atoms with van der Waals surface area (Å²) in [5.74, 6) is 1.01. The predicted octanol–water partition coefficient (Wildman–Crippen LogP) is 1.65. The van der Waals surface area contributed by atoms with Gasteiger partial charge in [0.25, 0.3) is 0 Å². The van der Waals surface area contributed by atoms with Gasteiger partial charge in [0.15, 0.2) is 11.5 Å². The van der Waals surface area contributed by atoms with Gasteiger partial charge in [0, 0.05) is 31.1 Å². The highest BCUT2D eigenvalue weighted by Crippen LogP contribution is 2.37. The molecule has 0 amide bonds. The molecule has 0 bridgehead atoms. The van der Waals surface area contributed by atoms with E-state index in [1.807, 2.05) is 0 Å². The van der Waals surface area contributed by atoms with Crippen molar-refractivity contribution in [2.45, 2.75) is 0 Å². The summed E-state index contributed by atoms with van der Waals surface area (Å²) >= 11 is 0. The van der Waals surface area contributed by atoms with E-state index >= 15 is 0 Å². The molecule has 0 radical (unpaired) electrons. The highest BCUT2D eigenvalue weighted by molar-refractivity contribution is 5.93. The van der Waals surface area contributed by atoms with E-state index in [1.165, 1.54) is 0 Å². The molecule has 1 aromatic carbocycles. The highest BCUT2D eigenvalue weighted by atomic mass is 16.7. The zero-order valence-corrected chi connectivity index (χ0v) is 12.6. The summed E-state index contributed by atoms with van der Waals surface area (Å²) in [4.78, 5) is 14.3. The molecule has 122 valence electrons. The van der Waals surface area contributed by atoms with Crippen LogP contribution >= 0.6 is 0 Å². The molecule has 1 fully saturated rings. The SMILES string of the molecule is O=C(OCCN1CCOCC1)c1cc2cc3c(cc2o1)OCO3. The monoisotopic (exact) mass is 319 g/mol. The largest absolute Gasteiger partial charge is 0.458 e. The maximum Gasteiger partial charge on any atom is 0.374 e. The molecule has 2 aromatic rings. The average molecular weight is 319 g/mol. The number of furan rings is 1. The smallest absolute Gasteiger partial charge is 0.374 e. The van der Waals surface area contributed by atoms with Crippen LogP contribution in [0, 0.1) is 0 Å². The molecule has 2 aliphatic heterocycles. The molecule has 0 aliphatic carbocycles. The van der Waals surface area contributed by atoms with E-state index in [0.29, 0.717) is 30.2 Å². The minimum atomic E-state index is -0.462. The number of carbonyl (C=O) groups excluding carboxylic acids is 1. The van der Waals surface area contributed by atoms with Crippen molar-refractivity contribution in [2.24, 2.45) is 0 Å². The maximum absolute atomic E-state index is 12.1. The Hall–Kier alpha value is -2.25. The third-order valence-electron chi connectivity index (χ3n) is 3.96. The molecule has 2 aliphatic rings. The molecular formula is C16H17NO6. The van der Waals surface area contributed by atoms with E-state index in [-0.39, 0.29) is 12.6 Å². The second-order valence-electron chi connectivity index (χ2n) is 5.44. The number of esters is 1. The lowest BCUT2D eigenvalue weighted by Gasteiger charge is -2.25. The number of benzene rings is 1. The summed E-state index contributed by atoms with van der Waals surface area (Å²) in [6.45, 7) is 4.43. The number of hydrogen-bond donors (Lipinski definition) is 0. The number of morpholine rings is 1. The fourth-order valence-corrected chi connectivity index (χ4v) is 2.69. The van der Waals surface area contributed by atoms with Crippen molar-refractivity contribution < 1.29 is 28.2 Å². The molecule has 3 heterocycles. The number of fused-ring (bicyclic) bond motifs is 2. The van der Waals surface area contributed by atoms with Gasteiger partial charge in [-0.15, -0.1) is 0 Å². The molecule has 0 N–H and O–H groups in total. The van der Waals surface area contributed by atoms with Crippen LogP contribution in [0.25, 0.3) is 11.0 Å². The van der Waals surface area contributed by atoms with Gasteiger partial charge < -0.3 is 23.4 Å². The van der Waals surface area contributed by atoms with E-state index < -0.39 is 5.97 Å². The van der Waals surface area contributed by atoms with Crippen molar-refractivity contribution in [3.8, 4) is 11.5 Å². The van der Waals surface area contributed by atoms with Crippen LogP contribution in [0.3, 0.4) is 0 Å². The molecule has 4 rings (SSSR count). The van der Waals surface area contributed by atoms with Crippen molar-refractivity contribution in [1.29, 1.82) is 0 Å². The zero-order chi connectivity index (χ0) is 15.6. The number of hydrogen-bond acceptors (Lipinski definition) is 7. The van der Waals surface area contributed by atoms with Crippen LogP contribution in [-0.2, 0) is 9.47 Å². The standard InChI is InChI=1S/C16H17NO6/c18-16(20-6-3-17-1-4-19-5-2-17)15-8-11-7-13-14(22-10-21-13)9-12(11)23-15/h7-9H,1-6,10H2. The Kier molecular flexibility index (Phi) is 3.80. The second-order valence-corrected chi connectivity index (χ2v) is 5.44. The molecule has 23 heavy (non-hydrogen) atoms. The van der Waals surface area contributed by atoms with E-state index in [2.05, 4.69) is 4.90 Å². The Balaban J connectivity index is 1.39. The quantitative estimate of drug-likeness (QED) is 0.794. The summed E-state index contributed by atoms with van der Waals surface area (Å²) < 4.78 is 26.7. The van der Waals surface area contributed by atoms with Gasteiger partial charge in [-0.25, -0.2) is 4.79 Å². The van der Waals surface area contributed by atoms with Crippen LogP contribution in [0.4, 0.5) is 0 Å². The van der Waals surface area contributed by atoms with Gasteiger partial charge in [0.2, 0.25) is 12.6 Å². The summed E-state index contributed by atoms with van der Waals surface area (Å²) in [6, 6.07) is 5.18. The number of rotatable bonds is 4. The number of nitrogens with zero attached hydrogens (tertiary/aromatic N) is 1. The summed E-state index contributed by atoms with van der Waals surface area (Å²) in [7, 11) is 0. The van der Waals surface area contributed by atoms with Crippen LogP contribution in [-0.4, -0.2) is 57.1 Å². The first-order valence-corrected chi connectivity index (χ1v) is 7.60. The molecule has 7 heteroatoms. The second kappa shape index (κ2) is 6.10. The summed E-state index contributed by atoms with van der Waals surface area (Å²) in [5.41, 5.74) is 0.578. The van der Waals surface area contributed by atoms with Crippen molar-refractivity contribution >= 4 is 16.9 Å². The van der Waals surface area contributed by atoms with Gasteiger partial charge in [0.05, 0.1) is 13.2 Å². The van der Waals surface area contributed by atoms with E-state index in [9.17, 15) is 4.79 Å². The van der Waals surface area contributed by atoms with Gasteiger partial charge in [-0.05, 0) is 12.1 Å². The first-order chi connectivity index (χ1) is 11.3. The van der Waals surface area contributed by atoms with Crippen LogP contribution in [0.1, 0.15) is 10.6 Å². The van der Waals surface area contributed by atoms with Gasteiger partial charge in [-0.3, -0.25) is 4.90 Å². The van der Waals surface area contributed by atoms with Crippen molar-refractivity contribution in [3.05, 3.63) is 24.0 Å². The molecule has 0 saturated carbocycles. The number of ether oxygens (including phenoxy) is 4. The van der Waals surface area contributed by atoms with Gasteiger partial charge >= 0.3 is 5.97 Å². The molecular weight excluding hydrogens is 302 g/mol. The van der Waals surface area contributed by atoms with Gasteiger partial charge in [-0.2, -0.15) is 0 Å². The first kappa shape index (κ1) is 14.3. The Bertz CT molecular complexity index is 678. The lowest BCUT2D eigenvalue weighted by atomic mass is 10.2. The lowest BCUT2D eigenvalue weighted by Crippen LogP contribution is -2.38. The Morgan fingerprint density at radius 2 is 1.91 bits per heavy atom. The van der Waals surface area contributed by atoms with Crippen LogP contribution < -0.4 is 9.47 Å². The Morgan fingerprint density at radius 3 is 2.74 bits per heavy atom. The topological polar surface area (TPSA) is 70.4 Å². The van der Waals surface area contributed by atoms with E-state index in [4.69, 9.17) is 23.4 Å². The van der Waals surface area contributed by atoms with E-state index in [0.717, 1.165) is 31.7 Å². The first-order valence-electron chi connectivity index (χ1n) is 7.60. The molecule has 0 unspecified atom stereocenters. The van der Waals surface area contributed by atoms with Crippen molar-refractivity contribution in [2.75, 3.05) is 46.2 Å². The van der Waals surface area contributed by atoms with Crippen LogP contribution in [0.2, 0.25) is 0 Å². The number of carbonyl (C=O) groups is 1. The lowest BCUT2D eigenvalue weighted by molar-refractivity contribution is 0.0183. The van der Waals surface area contributed by atoms with Crippen LogP contribution in [0.15, 0.2) is 22.6 Å². The predicted molar refractivity (Wildman–Crippen MR) is 79.9 cm³/mol. The normalized spacial score (nSPS) is 17.6. The Morgan fingerprint density at radius 1 is 1.13 bits per heavy atom. The van der Waals surface area contributed by atoms with Crippen molar-refractivity contribution in [1.82, 2.24) is 4.90 Å². The maximum atomic E-state index is 12.1.